The number of anilines is 1. The summed E-state index contributed by atoms with van der Waals surface area (Å²) in [5.41, 5.74) is 1.53. The predicted molar refractivity (Wildman–Crippen MR) is 116 cm³/mol. The maximum absolute atomic E-state index is 12.6. The number of nitrogens with one attached hydrogen (secondary N) is 1. The van der Waals surface area contributed by atoms with Gasteiger partial charge in [-0.2, -0.15) is 0 Å². The van der Waals surface area contributed by atoms with Gasteiger partial charge in [-0.25, -0.2) is 13.2 Å². The van der Waals surface area contributed by atoms with Crippen LogP contribution in [0.1, 0.15) is 30.1 Å². The molecule has 164 valence electrons. The van der Waals surface area contributed by atoms with E-state index in [1.54, 1.807) is 30.5 Å². The maximum Gasteiger partial charge on any atom is 0.341 e. The van der Waals surface area contributed by atoms with Crippen molar-refractivity contribution in [2.45, 2.75) is 19.8 Å². The molecule has 0 spiro atoms. The van der Waals surface area contributed by atoms with Crippen LogP contribution in [-0.2, 0) is 19.4 Å². The van der Waals surface area contributed by atoms with Gasteiger partial charge >= 0.3 is 5.97 Å². The van der Waals surface area contributed by atoms with Crippen LogP contribution in [0.3, 0.4) is 0 Å². The highest BCUT2D eigenvalue weighted by atomic mass is 32.2. The molecule has 0 radical (unpaired) electrons. The molecule has 0 saturated heterocycles. The third kappa shape index (κ3) is 6.20. The van der Waals surface area contributed by atoms with E-state index in [1.165, 1.54) is 25.6 Å². The molecule has 1 N–H and O–H groups in total. The van der Waals surface area contributed by atoms with E-state index < -0.39 is 15.8 Å². The normalized spacial score (nSPS) is 11.1. The zero-order valence-electron chi connectivity index (χ0n) is 17.3. The van der Waals surface area contributed by atoms with Gasteiger partial charge in [0, 0.05) is 23.6 Å². The third-order valence-corrected chi connectivity index (χ3v) is 6.06. The van der Waals surface area contributed by atoms with Gasteiger partial charge in [0.05, 0.1) is 26.6 Å². The zero-order valence-corrected chi connectivity index (χ0v) is 18.9. The lowest BCUT2D eigenvalue weighted by Crippen LogP contribution is -2.15. The van der Waals surface area contributed by atoms with Crippen molar-refractivity contribution >= 4 is 38.1 Å². The average molecular weight is 456 g/mol. The molecule has 0 aliphatic heterocycles. The molecule has 0 unspecified atom stereocenters. The van der Waals surface area contributed by atoms with E-state index >= 15 is 0 Å². The number of hydrogen-bond donors (Lipinski definition) is 1. The minimum atomic E-state index is -3.14. The minimum absolute atomic E-state index is 0.0267. The largest absolute Gasteiger partial charge is 0.493 e. The van der Waals surface area contributed by atoms with Gasteiger partial charge in [-0.1, -0.05) is 6.07 Å². The van der Waals surface area contributed by atoms with E-state index in [4.69, 9.17) is 14.2 Å². The molecule has 1 heterocycles. The van der Waals surface area contributed by atoms with Crippen molar-refractivity contribution in [1.29, 1.82) is 0 Å². The summed E-state index contributed by atoms with van der Waals surface area (Å²) in [5.74, 6) is 0.0442. The first-order valence-corrected chi connectivity index (χ1v) is 12.1. The second-order valence-electron chi connectivity index (χ2n) is 6.43. The number of carbonyl (C=O) groups is 2. The smallest absolute Gasteiger partial charge is 0.341 e. The fourth-order valence-corrected chi connectivity index (χ4v) is 4.40. The molecule has 0 saturated carbocycles. The maximum atomic E-state index is 12.6. The number of carbonyl (C=O) groups excluding carboxylic acids is 2. The van der Waals surface area contributed by atoms with Crippen LogP contribution in [0.15, 0.2) is 23.6 Å². The first kappa shape index (κ1) is 23.7. The van der Waals surface area contributed by atoms with Crippen LogP contribution in [0.2, 0.25) is 0 Å². The van der Waals surface area contributed by atoms with Gasteiger partial charge in [0.1, 0.15) is 20.4 Å². The Bertz CT molecular complexity index is 1010. The van der Waals surface area contributed by atoms with Crippen LogP contribution in [0.4, 0.5) is 5.00 Å². The highest BCUT2D eigenvalue weighted by molar-refractivity contribution is 7.90. The van der Waals surface area contributed by atoms with E-state index in [9.17, 15) is 18.0 Å². The molecule has 0 fully saturated rings. The van der Waals surface area contributed by atoms with Crippen molar-refractivity contribution in [2.24, 2.45) is 0 Å². The number of methoxy groups -OCH3 is 2. The fourth-order valence-electron chi connectivity index (χ4n) is 2.76. The van der Waals surface area contributed by atoms with Gasteiger partial charge < -0.3 is 19.5 Å². The second kappa shape index (κ2) is 10.4. The first-order chi connectivity index (χ1) is 14.2. The lowest BCUT2D eigenvalue weighted by molar-refractivity contribution is -0.116. The molecular formula is C20H25NO7S2. The summed E-state index contributed by atoms with van der Waals surface area (Å²) in [6.45, 7) is 1.88. The quantitative estimate of drug-likeness (QED) is 0.547. The summed E-state index contributed by atoms with van der Waals surface area (Å²) in [6, 6.07) is 5.25. The fraction of sp³-hybridized carbons (Fsp3) is 0.400. The van der Waals surface area contributed by atoms with Crippen LogP contribution >= 0.6 is 11.3 Å². The summed E-state index contributed by atoms with van der Waals surface area (Å²) in [6.07, 6.45) is 1.35. The van der Waals surface area contributed by atoms with Crippen molar-refractivity contribution in [3.8, 4) is 22.6 Å². The Morgan fingerprint density at radius 1 is 1.13 bits per heavy atom. The van der Waals surface area contributed by atoms with E-state index in [1.807, 2.05) is 0 Å². The Kier molecular flexibility index (Phi) is 8.24. The number of amides is 1. The third-order valence-electron chi connectivity index (χ3n) is 4.14. The van der Waals surface area contributed by atoms with Gasteiger partial charge in [-0.3, -0.25) is 4.79 Å². The molecule has 0 aliphatic carbocycles. The lowest BCUT2D eigenvalue weighted by Gasteiger charge is -2.11. The second-order valence-corrected chi connectivity index (χ2v) is 9.56. The molecule has 0 bridgehead atoms. The summed E-state index contributed by atoms with van der Waals surface area (Å²) >= 11 is 1.19. The molecule has 1 aromatic carbocycles. The Morgan fingerprint density at radius 2 is 1.83 bits per heavy atom. The summed E-state index contributed by atoms with van der Waals surface area (Å²) in [5, 5.41) is 4.80. The van der Waals surface area contributed by atoms with Crippen LogP contribution in [0.5, 0.6) is 11.5 Å². The molecule has 0 atom stereocenters. The standard InChI is InChI=1S/C20H25NO7S2/c1-5-28-20(23)18-14(13-8-9-15(26-2)16(11-13)27-3)12-29-19(18)21-17(22)7-6-10-30(4,24)25/h8-9,11-12H,5-7,10H2,1-4H3,(H,21,22). The number of esters is 1. The van der Waals surface area contributed by atoms with Crippen molar-refractivity contribution in [2.75, 3.05) is 38.2 Å². The Morgan fingerprint density at radius 3 is 2.43 bits per heavy atom. The summed E-state index contributed by atoms with van der Waals surface area (Å²) < 4.78 is 38.2. The van der Waals surface area contributed by atoms with Crippen LogP contribution in [0, 0.1) is 0 Å². The van der Waals surface area contributed by atoms with Crippen LogP contribution < -0.4 is 14.8 Å². The summed E-state index contributed by atoms with van der Waals surface area (Å²) in [7, 11) is -0.0907. The van der Waals surface area contributed by atoms with Crippen LogP contribution in [-0.4, -0.2) is 53.1 Å². The van der Waals surface area contributed by atoms with Crippen molar-refractivity contribution in [3.63, 3.8) is 0 Å². The van der Waals surface area contributed by atoms with E-state index in [0.717, 1.165) is 6.26 Å². The zero-order chi connectivity index (χ0) is 22.3. The summed E-state index contributed by atoms with van der Waals surface area (Å²) in [4.78, 5) is 24.9. The molecule has 30 heavy (non-hydrogen) atoms. The predicted octanol–water partition coefficient (Wildman–Crippen LogP) is 3.37. The number of ether oxygens (including phenoxy) is 3. The van der Waals surface area contributed by atoms with Crippen molar-refractivity contribution in [3.05, 3.63) is 29.1 Å². The topological polar surface area (TPSA) is 108 Å². The van der Waals surface area contributed by atoms with Gasteiger partial charge in [0.15, 0.2) is 11.5 Å². The van der Waals surface area contributed by atoms with E-state index in [-0.39, 0.29) is 36.7 Å². The Hall–Kier alpha value is -2.59. The number of benzene rings is 1. The van der Waals surface area contributed by atoms with Crippen molar-refractivity contribution in [1.82, 2.24) is 0 Å². The lowest BCUT2D eigenvalue weighted by atomic mass is 10.0. The number of hydrogen-bond acceptors (Lipinski definition) is 8. The minimum Gasteiger partial charge on any atom is -0.493 e. The molecule has 1 amide bonds. The van der Waals surface area contributed by atoms with Crippen molar-refractivity contribution < 1.29 is 32.2 Å². The number of rotatable bonds is 10. The number of thiophene rings is 1. The SMILES string of the molecule is CCOC(=O)c1c(-c2ccc(OC)c(OC)c2)csc1NC(=O)CCCS(C)(=O)=O. The van der Waals surface area contributed by atoms with Crippen LogP contribution in [0.25, 0.3) is 11.1 Å². The first-order valence-electron chi connectivity index (χ1n) is 9.18. The van der Waals surface area contributed by atoms with E-state index in [2.05, 4.69) is 5.32 Å². The Balaban J connectivity index is 2.34. The highest BCUT2D eigenvalue weighted by Gasteiger charge is 2.23. The van der Waals surface area contributed by atoms with E-state index in [0.29, 0.717) is 27.6 Å². The molecular weight excluding hydrogens is 430 g/mol. The average Bonchev–Trinajstić information content (AvgIpc) is 3.10. The van der Waals surface area contributed by atoms with Gasteiger partial charge in [-0.05, 0) is 31.0 Å². The number of sulfone groups is 1. The van der Waals surface area contributed by atoms with Gasteiger partial charge in [0.2, 0.25) is 5.91 Å². The molecule has 10 heteroatoms. The molecule has 2 aromatic rings. The van der Waals surface area contributed by atoms with Gasteiger partial charge in [0.25, 0.3) is 0 Å². The molecule has 0 aliphatic rings. The van der Waals surface area contributed by atoms with Gasteiger partial charge in [-0.15, -0.1) is 11.3 Å². The monoisotopic (exact) mass is 455 g/mol. The molecule has 1 aromatic heterocycles. The Labute approximate surface area is 180 Å². The highest BCUT2D eigenvalue weighted by Crippen LogP contribution is 2.39. The molecule has 8 nitrogen and oxygen atoms in total. The molecule has 2 rings (SSSR count).